The van der Waals surface area contributed by atoms with E-state index in [0.29, 0.717) is 16.9 Å². The zero-order valence-corrected chi connectivity index (χ0v) is 20.3. The lowest BCUT2D eigenvalue weighted by molar-refractivity contribution is -0.0601. The average molecular weight is 401 g/mol. The van der Waals surface area contributed by atoms with Crippen LogP contribution in [0.2, 0.25) is 0 Å². The van der Waals surface area contributed by atoms with Crippen molar-refractivity contribution in [2.45, 2.75) is 111 Å². The summed E-state index contributed by atoms with van der Waals surface area (Å²) in [5.41, 5.74) is 2.85. The van der Waals surface area contributed by atoms with Crippen LogP contribution in [0.15, 0.2) is 11.6 Å². The van der Waals surface area contributed by atoms with Crippen LogP contribution in [0.25, 0.3) is 0 Å². The Bertz CT molecular complexity index is 605. The van der Waals surface area contributed by atoms with Crippen LogP contribution in [0.4, 0.5) is 0 Å². The molecule has 4 aliphatic rings. The number of methoxy groups -OCH3 is 1. The summed E-state index contributed by atoms with van der Waals surface area (Å²) in [5, 5.41) is 0. The lowest BCUT2D eigenvalue weighted by Gasteiger charge is -2.58. The molecule has 0 aromatic heterocycles. The van der Waals surface area contributed by atoms with Crippen LogP contribution in [0, 0.1) is 46.3 Å². The van der Waals surface area contributed by atoms with Gasteiger partial charge in [0.2, 0.25) is 0 Å². The second-order valence-corrected chi connectivity index (χ2v) is 12.4. The maximum atomic E-state index is 5.75. The third kappa shape index (κ3) is 3.77. The van der Waals surface area contributed by atoms with E-state index in [1.165, 1.54) is 70.6 Å². The summed E-state index contributed by atoms with van der Waals surface area (Å²) >= 11 is 0. The molecule has 0 bridgehead atoms. The molecular formula is C28H48O. The zero-order valence-electron chi connectivity index (χ0n) is 20.3. The van der Waals surface area contributed by atoms with Gasteiger partial charge in [-0.1, -0.05) is 65.5 Å². The molecule has 0 aliphatic heterocycles. The van der Waals surface area contributed by atoms with Gasteiger partial charge in [-0.3, -0.25) is 0 Å². The van der Waals surface area contributed by atoms with Crippen molar-refractivity contribution in [3.63, 3.8) is 0 Å². The van der Waals surface area contributed by atoms with Crippen LogP contribution in [-0.4, -0.2) is 13.2 Å². The highest BCUT2D eigenvalue weighted by atomic mass is 16.5. The molecule has 4 rings (SSSR count). The topological polar surface area (TPSA) is 9.23 Å². The quantitative estimate of drug-likeness (QED) is 0.410. The Kier molecular flexibility index (Phi) is 6.29. The minimum atomic E-state index is 0.472. The normalized spacial score (nSPS) is 45.3. The molecule has 0 aromatic carbocycles. The monoisotopic (exact) mass is 400 g/mol. The van der Waals surface area contributed by atoms with Crippen LogP contribution < -0.4 is 0 Å². The van der Waals surface area contributed by atoms with E-state index < -0.39 is 0 Å². The zero-order chi connectivity index (χ0) is 20.8. The van der Waals surface area contributed by atoms with Gasteiger partial charge >= 0.3 is 0 Å². The fourth-order valence-corrected chi connectivity index (χ4v) is 8.85. The molecular weight excluding hydrogens is 352 g/mol. The van der Waals surface area contributed by atoms with Gasteiger partial charge in [0.1, 0.15) is 0 Å². The lowest BCUT2D eigenvalue weighted by atomic mass is 9.47. The summed E-state index contributed by atoms with van der Waals surface area (Å²) in [5.74, 6) is 5.63. The Balaban J connectivity index is 1.48. The molecule has 1 nitrogen and oxygen atoms in total. The minimum absolute atomic E-state index is 0.472. The van der Waals surface area contributed by atoms with Gasteiger partial charge in [-0.2, -0.15) is 0 Å². The Labute approximate surface area is 181 Å². The highest BCUT2D eigenvalue weighted by Crippen LogP contribution is 2.67. The number of fused-ring (bicyclic) bond motifs is 5. The molecule has 0 amide bonds. The van der Waals surface area contributed by atoms with Gasteiger partial charge in [0.05, 0.1) is 6.10 Å². The number of ether oxygens (including phenoxy) is 1. The molecule has 0 spiro atoms. The van der Waals surface area contributed by atoms with Crippen molar-refractivity contribution in [1.29, 1.82) is 0 Å². The van der Waals surface area contributed by atoms with E-state index in [2.05, 4.69) is 40.7 Å². The van der Waals surface area contributed by atoms with Gasteiger partial charge < -0.3 is 4.74 Å². The summed E-state index contributed by atoms with van der Waals surface area (Å²) in [7, 11) is 1.91. The van der Waals surface area contributed by atoms with Gasteiger partial charge in [-0.25, -0.2) is 0 Å². The molecule has 0 N–H and O–H groups in total. The summed E-state index contributed by atoms with van der Waals surface area (Å²) < 4.78 is 5.75. The van der Waals surface area contributed by atoms with Crippen molar-refractivity contribution in [2.24, 2.45) is 46.3 Å². The van der Waals surface area contributed by atoms with Crippen LogP contribution in [0.1, 0.15) is 105 Å². The van der Waals surface area contributed by atoms with E-state index in [9.17, 15) is 0 Å². The van der Waals surface area contributed by atoms with Gasteiger partial charge in [-0.15, -0.1) is 0 Å². The van der Waals surface area contributed by atoms with Crippen LogP contribution in [0.3, 0.4) is 0 Å². The number of hydrogen-bond donors (Lipinski definition) is 0. The SMILES string of the molecule is COC1CCC2(C)C(=CCC3C2CCC2(C)C(C(C)CCCC(C)C)CCC32)C1. The maximum absolute atomic E-state index is 5.75. The van der Waals surface area contributed by atoms with Crippen LogP contribution >= 0.6 is 0 Å². The molecule has 8 atom stereocenters. The van der Waals surface area contributed by atoms with Crippen molar-refractivity contribution in [1.82, 2.24) is 0 Å². The molecule has 0 heterocycles. The smallest absolute Gasteiger partial charge is 0.0608 e. The Hall–Kier alpha value is -0.300. The molecule has 0 aromatic rings. The van der Waals surface area contributed by atoms with E-state index in [1.54, 1.807) is 5.57 Å². The van der Waals surface area contributed by atoms with Crippen LogP contribution in [0.5, 0.6) is 0 Å². The molecule has 8 unspecified atom stereocenters. The van der Waals surface area contributed by atoms with E-state index in [1.807, 2.05) is 7.11 Å². The minimum Gasteiger partial charge on any atom is -0.381 e. The van der Waals surface area contributed by atoms with E-state index >= 15 is 0 Å². The molecule has 4 aliphatic carbocycles. The first-order valence-electron chi connectivity index (χ1n) is 13.0. The first-order valence-corrected chi connectivity index (χ1v) is 13.0. The van der Waals surface area contributed by atoms with Crippen LogP contribution in [-0.2, 0) is 4.74 Å². The molecule has 166 valence electrons. The van der Waals surface area contributed by atoms with E-state index in [0.717, 1.165) is 35.5 Å². The molecule has 3 fully saturated rings. The summed E-state index contributed by atoms with van der Waals surface area (Å²) in [6.07, 6.45) is 18.7. The highest BCUT2D eigenvalue weighted by Gasteiger charge is 2.59. The summed E-state index contributed by atoms with van der Waals surface area (Å²) in [6, 6.07) is 0. The fraction of sp³-hybridized carbons (Fsp3) is 0.929. The number of allylic oxidation sites excluding steroid dienone is 1. The summed E-state index contributed by atoms with van der Waals surface area (Å²) in [4.78, 5) is 0. The third-order valence-corrected chi connectivity index (χ3v) is 10.6. The lowest BCUT2D eigenvalue weighted by Crippen LogP contribution is -2.50. The van der Waals surface area contributed by atoms with Crippen molar-refractivity contribution in [3.05, 3.63) is 11.6 Å². The Morgan fingerprint density at radius 2 is 1.79 bits per heavy atom. The van der Waals surface area contributed by atoms with Crippen molar-refractivity contribution < 1.29 is 4.74 Å². The fourth-order valence-electron chi connectivity index (χ4n) is 8.85. The van der Waals surface area contributed by atoms with Gasteiger partial charge in [0.15, 0.2) is 0 Å². The molecule has 29 heavy (non-hydrogen) atoms. The van der Waals surface area contributed by atoms with Crippen molar-refractivity contribution in [2.75, 3.05) is 7.11 Å². The van der Waals surface area contributed by atoms with E-state index in [4.69, 9.17) is 4.74 Å². The number of rotatable bonds is 6. The first-order chi connectivity index (χ1) is 13.8. The number of hydrogen-bond acceptors (Lipinski definition) is 1. The van der Waals surface area contributed by atoms with Gasteiger partial charge in [-0.05, 0) is 97.7 Å². The highest BCUT2D eigenvalue weighted by molar-refractivity contribution is 5.25. The first kappa shape index (κ1) is 21.9. The molecule has 0 saturated heterocycles. The molecule has 0 radical (unpaired) electrons. The van der Waals surface area contributed by atoms with Crippen molar-refractivity contribution >= 4 is 0 Å². The predicted molar refractivity (Wildman–Crippen MR) is 124 cm³/mol. The van der Waals surface area contributed by atoms with Gasteiger partial charge in [0.25, 0.3) is 0 Å². The predicted octanol–water partition coefficient (Wildman–Crippen LogP) is 8.04. The second-order valence-electron chi connectivity index (χ2n) is 12.4. The third-order valence-electron chi connectivity index (χ3n) is 10.6. The molecule has 3 saturated carbocycles. The second kappa shape index (κ2) is 8.33. The standard InChI is InChI=1S/C28H48O/c1-19(2)8-7-9-20(3)24-12-13-25-23-11-10-21-18-22(29-6)14-16-27(21,4)26(23)15-17-28(24,25)5/h10,19-20,22-26H,7-9,11-18H2,1-6H3. The van der Waals surface area contributed by atoms with E-state index in [-0.39, 0.29) is 0 Å². The van der Waals surface area contributed by atoms with Gasteiger partial charge in [0, 0.05) is 7.11 Å². The Morgan fingerprint density at radius 3 is 2.52 bits per heavy atom. The largest absolute Gasteiger partial charge is 0.381 e. The Morgan fingerprint density at radius 1 is 1.00 bits per heavy atom. The molecule has 1 heteroatoms. The average Bonchev–Trinajstić information content (AvgIpc) is 3.04. The van der Waals surface area contributed by atoms with Crippen molar-refractivity contribution in [3.8, 4) is 0 Å². The summed E-state index contributed by atoms with van der Waals surface area (Å²) in [6.45, 7) is 12.7. The maximum Gasteiger partial charge on any atom is 0.0608 e.